The van der Waals surface area contributed by atoms with Crippen LogP contribution in [0.15, 0.2) is 18.2 Å². The molecule has 3 nitrogen and oxygen atoms in total. The average Bonchev–Trinajstić information content (AvgIpc) is 2.38. The minimum Gasteiger partial charge on any atom is -0.392 e. The highest BCUT2D eigenvalue weighted by Crippen LogP contribution is 2.37. The van der Waals surface area contributed by atoms with Crippen molar-refractivity contribution in [2.45, 2.75) is 19.7 Å². The molecule has 6 heteroatoms. The van der Waals surface area contributed by atoms with Crippen molar-refractivity contribution in [1.29, 1.82) is 0 Å². The molecule has 1 aromatic rings. The number of halogens is 3. The van der Waals surface area contributed by atoms with Gasteiger partial charge in [-0.3, -0.25) is 0 Å². The number of anilines is 1. The summed E-state index contributed by atoms with van der Waals surface area (Å²) in [7, 11) is 1.51. The number of hydrogen-bond donors (Lipinski definition) is 1. The molecule has 0 unspecified atom stereocenters. The molecular formula is C13H18F3NO2. The SMILES string of the molecule is CCN(CCOC)c1ccc(CO)cc1C(F)(F)F. The first-order valence-electron chi connectivity index (χ1n) is 5.98. The number of rotatable bonds is 6. The van der Waals surface area contributed by atoms with Gasteiger partial charge in [0.25, 0.3) is 0 Å². The van der Waals surface area contributed by atoms with Gasteiger partial charge in [0.05, 0.1) is 18.8 Å². The van der Waals surface area contributed by atoms with Crippen molar-refractivity contribution < 1.29 is 23.0 Å². The molecule has 0 aliphatic rings. The van der Waals surface area contributed by atoms with Crippen LogP contribution in [0, 0.1) is 0 Å². The van der Waals surface area contributed by atoms with Crippen LogP contribution in [0.1, 0.15) is 18.1 Å². The number of aliphatic hydroxyl groups excluding tert-OH is 1. The Morgan fingerprint density at radius 3 is 2.47 bits per heavy atom. The Labute approximate surface area is 110 Å². The van der Waals surface area contributed by atoms with E-state index in [4.69, 9.17) is 9.84 Å². The van der Waals surface area contributed by atoms with Crippen LogP contribution in [-0.2, 0) is 17.5 Å². The van der Waals surface area contributed by atoms with E-state index >= 15 is 0 Å². The summed E-state index contributed by atoms with van der Waals surface area (Å²) in [6.07, 6.45) is -4.44. The van der Waals surface area contributed by atoms with Gasteiger partial charge in [-0.15, -0.1) is 0 Å². The van der Waals surface area contributed by atoms with Crippen molar-refractivity contribution in [3.63, 3.8) is 0 Å². The van der Waals surface area contributed by atoms with E-state index in [0.29, 0.717) is 19.7 Å². The Morgan fingerprint density at radius 1 is 1.32 bits per heavy atom. The molecule has 0 saturated carbocycles. The Bertz CT molecular complexity index is 407. The van der Waals surface area contributed by atoms with Crippen LogP contribution in [0.25, 0.3) is 0 Å². The molecule has 0 aliphatic heterocycles. The standard InChI is InChI=1S/C13H18F3NO2/c1-3-17(6-7-19-2)12-5-4-10(9-18)8-11(12)13(14,15)16/h4-5,8,18H,3,6-7,9H2,1-2H3. The Balaban J connectivity index is 3.17. The second-order valence-electron chi connectivity index (χ2n) is 4.08. The van der Waals surface area contributed by atoms with Gasteiger partial charge in [0.1, 0.15) is 0 Å². The van der Waals surface area contributed by atoms with E-state index in [2.05, 4.69) is 0 Å². The number of hydrogen-bond acceptors (Lipinski definition) is 3. The summed E-state index contributed by atoms with van der Waals surface area (Å²) < 4.78 is 44.0. The molecule has 1 rings (SSSR count). The van der Waals surface area contributed by atoms with Crippen LogP contribution in [-0.4, -0.2) is 31.9 Å². The first-order chi connectivity index (χ1) is 8.93. The molecule has 0 amide bonds. The van der Waals surface area contributed by atoms with Crippen LogP contribution in [0.5, 0.6) is 0 Å². The van der Waals surface area contributed by atoms with E-state index in [1.54, 1.807) is 11.8 Å². The molecule has 0 saturated heterocycles. The first kappa shape index (κ1) is 15.8. The number of nitrogens with zero attached hydrogens (tertiary/aromatic N) is 1. The molecule has 0 heterocycles. The highest BCUT2D eigenvalue weighted by Gasteiger charge is 2.34. The summed E-state index contributed by atoms with van der Waals surface area (Å²) in [4.78, 5) is 1.60. The van der Waals surface area contributed by atoms with Crippen molar-refractivity contribution in [3.8, 4) is 0 Å². The lowest BCUT2D eigenvalue weighted by Crippen LogP contribution is -2.29. The zero-order chi connectivity index (χ0) is 14.5. The van der Waals surface area contributed by atoms with Crippen molar-refractivity contribution in [2.24, 2.45) is 0 Å². The van der Waals surface area contributed by atoms with Crippen LogP contribution in [0.2, 0.25) is 0 Å². The predicted molar refractivity (Wildman–Crippen MR) is 67.1 cm³/mol. The summed E-state index contributed by atoms with van der Waals surface area (Å²) in [5.74, 6) is 0. The Kier molecular flexibility index (Phi) is 5.62. The number of aliphatic hydroxyl groups is 1. The molecule has 0 radical (unpaired) electrons. The van der Waals surface area contributed by atoms with Crippen LogP contribution >= 0.6 is 0 Å². The summed E-state index contributed by atoms with van der Waals surface area (Å²) in [6, 6.07) is 3.89. The van der Waals surface area contributed by atoms with Gasteiger partial charge in [0.2, 0.25) is 0 Å². The van der Waals surface area contributed by atoms with E-state index < -0.39 is 18.3 Å². The van der Waals surface area contributed by atoms with Gasteiger partial charge in [-0.2, -0.15) is 13.2 Å². The fourth-order valence-corrected chi connectivity index (χ4v) is 1.83. The maximum Gasteiger partial charge on any atom is 0.418 e. The van der Waals surface area contributed by atoms with Crippen molar-refractivity contribution in [3.05, 3.63) is 29.3 Å². The van der Waals surface area contributed by atoms with Gasteiger partial charge < -0.3 is 14.7 Å². The number of ether oxygens (including phenoxy) is 1. The molecule has 0 fully saturated rings. The summed E-state index contributed by atoms with van der Waals surface area (Å²) >= 11 is 0. The third kappa shape index (κ3) is 4.11. The third-order valence-corrected chi connectivity index (χ3v) is 2.84. The summed E-state index contributed by atoms with van der Waals surface area (Å²) in [5.41, 5.74) is -0.361. The zero-order valence-electron chi connectivity index (χ0n) is 11.0. The summed E-state index contributed by atoms with van der Waals surface area (Å²) in [5, 5.41) is 8.95. The Hall–Kier alpha value is -1.27. The van der Waals surface area contributed by atoms with Gasteiger partial charge in [0, 0.05) is 25.9 Å². The van der Waals surface area contributed by atoms with E-state index in [9.17, 15) is 13.2 Å². The van der Waals surface area contributed by atoms with Gasteiger partial charge in [-0.05, 0) is 24.6 Å². The lowest BCUT2D eigenvalue weighted by molar-refractivity contribution is -0.137. The van der Waals surface area contributed by atoms with Crippen molar-refractivity contribution in [2.75, 3.05) is 31.7 Å². The Morgan fingerprint density at radius 2 is 2.00 bits per heavy atom. The number of alkyl halides is 3. The van der Waals surface area contributed by atoms with E-state index in [-0.39, 0.29) is 11.3 Å². The quantitative estimate of drug-likeness (QED) is 0.867. The average molecular weight is 277 g/mol. The highest BCUT2D eigenvalue weighted by atomic mass is 19.4. The predicted octanol–water partition coefficient (Wildman–Crippen LogP) is 2.67. The van der Waals surface area contributed by atoms with Crippen LogP contribution in [0.4, 0.5) is 18.9 Å². The van der Waals surface area contributed by atoms with Gasteiger partial charge in [0.15, 0.2) is 0 Å². The largest absolute Gasteiger partial charge is 0.418 e. The monoisotopic (exact) mass is 277 g/mol. The van der Waals surface area contributed by atoms with Gasteiger partial charge in [-0.25, -0.2) is 0 Å². The minimum absolute atomic E-state index is 0.115. The fourth-order valence-electron chi connectivity index (χ4n) is 1.83. The molecule has 0 spiro atoms. The van der Waals surface area contributed by atoms with Gasteiger partial charge >= 0.3 is 6.18 Å². The molecule has 0 aliphatic carbocycles. The van der Waals surface area contributed by atoms with Crippen molar-refractivity contribution >= 4 is 5.69 Å². The normalized spacial score (nSPS) is 11.7. The number of likely N-dealkylation sites (N-methyl/N-ethyl adjacent to an activating group) is 1. The third-order valence-electron chi connectivity index (χ3n) is 2.84. The highest BCUT2D eigenvalue weighted by molar-refractivity contribution is 5.56. The lowest BCUT2D eigenvalue weighted by atomic mass is 10.1. The molecule has 0 aromatic heterocycles. The second kappa shape index (κ2) is 6.77. The molecule has 1 N–H and O–H groups in total. The molecule has 1 aromatic carbocycles. The van der Waals surface area contributed by atoms with Gasteiger partial charge in [-0.1, -0.05) is 6.07 Å². The van der Waals surface area contributed by atoms with E-state index in [1.807, 2.05) is 0 Å². The molecule has 108 valence electrons. The molecule has 19 heavy (non-hydrogen) atoms. The van der Waals surface area contributed by atoms with E-state index in [1.165, 1.54) is 19.2 Å². The van der Waals surface area contributed by atoms with Crippen molar-refractivity contribution in [1.82, 2.24) is 0 Å². The fraction of sp³-hybridized carbons (Fsp3) is 0.538. The van der Waals surface area contributed by atoms with Crippen LogP contribution in [0.3, 0.4) is 0 Å². The zero-order valence-corrected chi connectivity index (χ0v) is 11.0. The first-order valence-corrected chi connectivity index (χ1v) is 5.98. The molecule has 0 atom stereocenters. The lowest BCUT2D eigenvalue weighted by Gasteiger charge is -2.26. The van der Waals surface area contributed by atoms with E-state index in [0.717, 1.165) is 6.07 Å². The smallest absolute Gasteiger partial charge is 0.392 e. The second-order valence-corrected chi connectivity index (χ2v) is 4.08. The number of methoxy groups -OCH3 is 1. The maximum absolute atomic E-state index is 13.0. The topological polar surface area (TPSA) is 32.7 Å². The number of benzene rings is 1. The summed E-state index contributed by atoms with van der Waals surface area (Å²) in [6.45, 7) is 2.57. The molecule has 0 bridgehead atoms. The molecular weight excluding hydrogens is 259 g/mol. The minimum atomic E-state index is -4.44. The maximum atomic E-state index is 13.0. The van der Waals surface area contributed by atoms with Crippen LogP contribution < -0.4 is 4.90 Å².